The predicted molar refractivity (Wildman–Crippen MR) is 127 cm³/mol. The van der Waals surface area contributed by atoms with Crippen molar-refractivity contribution in [3.05, 3.63) is 88.7 Å². The molecule has 166 valence electrons. The minimum Gasteiger partial charge on any atom is -0.273 e. The number of amides is 2. The Hall–Kier alpha value is -3.19. The number of rotatable bonds is 8. The molecule has 1 heterocycles. The summed E-state index contributed by atoms with van der Waals surface area (Å²) in [7, 11) is 0. The molecule has 3 aromatic rings. The number of hydrogen-bond donors (Lipinski definition) is 2. The molecule has 32 heavy (non-hydrogen) atoms. The van der Waals surface area contributed by atoms with E-state index in [0.717, 1.165) is 34.1 Å². The molecule has 3 rings (SSSR count). The fraction of sp³-hybridized carbons (Fsp3) is 0.280. The molecule has 6 nitrogen and oxygen atoms in total. The second-order valence-electron chi connectivity index (χ2n) is 7.61. The summed E-state index contributed by atoms with van der Waals surface area (Å²) >= 11 is 1.56. The zero-order chi connectivity index (χ0) is 22.9. The molecule has 0 radical (unpaired) electrons. The second kappa shape index (κ2) is 11.4. The Morgan fingerprint density at radius 3 is 2.22 bits per heavy atom. The van der Waals surface area contributed by atoms with Gasteiger partial charge in [0, 0.05) is 22.7 Å². The van der Waals surface area contributed by atoms with E-state index in [1.165, 1.54) is 0 Å². The van der Waals surface area contributed by atoms with E-state index in [9.17, 15) is 9.59 Å². The Bertz CT molecular complexity index is 1040. The van der Waals surface area contributed by atoms with Gasteiger partial charge in [-0.1, -0.05) is 67.6 Å². The highest BCUT2D eigenvalue weighted by Crippen LogP contribution is 2.22. The molecule has 0 fully saturated rings. The quantitative estimate of drug-likeness (QED) is 0.296. The van der Waals surface area contributed by atoms with E-state index in [1.807, 2.05) is 69.3 Å². The molecule has 0 saturated heterocycles. The van der Waals surface area contributed by atoms with Crippen LogP contribution >= 0.6 is 11.8 Å². The van der Waals surface area contributed by atoms with Gasteiger partial charge in [0.1, 0.15) is 0 Å². The summed E-state index contributed by atoms with van der Waals surface area (Å²) in [4.78, 5) is 34.0. The SMILES string of the molecule is CCC[C@@H](C(=O)NNC(=O)c1ccc(CSc2nc(C)cc(C)n2)cc1)c1ccccc1. The maximum atomic E-state index is 12.7. The summed E-state index contributed by atoms with van der Waals surface area (Å²) in [5, 5.41) is 0.743. The van der Waals surface area contributed by atoms with Crippen molar-refractivity contribution in [2.24, 2.45) is 0 Å². The molecule has 1 aromatic heterocycles. The van der Waals surface area contributed by atoms with Gasteiger partial charge < -0.3 is 0 Å². The maximum Gasteiger partial charge on any atom is 0.269 e. The number of hydrogen-bond acceptors (Lipinski definition) is 5. The van der Waals surface area contributed by atoms with Gasteiger partial charge in [-0.2, -0.15) is 0 Å². The van der Waals surface area contributed by atoms with E-state index >= 15 is 0 Å². The smallest absolute Gasteiger partial charge is 0.269 e. The number of hydrazine groups is 1. The summed E-state index contributed by atoms with van der Waals surface area (Å²) in [6.07, 6.45) is 1.58. The van der Waals surface area contributed by atoms with Gasteiger partial charge in [-0.25, -0.2) is 9.97 Å². The van der Waals surface area contributed by atoms with E-state index in [0.29, 0.717) is 17.7 Å². The van der Waals surface area contributed by atoms with Crippen molar-refractivity contribution in [3.8, 4) is 0 Å². The third-order valence-electron chi connectivity index (χ3n) is 4.94. The Morgan fingerprint density at radius 2 is 1.59 bits per heavy atom. The minimum absolute atomic E-state index is 0.215. The van der Waals surface area contributed by atoms with E-state index in [1.54, 1.807) is 23.9 Å². The molecule has 0 spiro atoms. The van der Waals surface area contributed by atoms with Crippen molar-refractivity contribution in [2.75, 3.05) is 0 Å². The van der Waals surface area contributed by atoms with Crippen LogP contribution in [0.5, 0.6) is 0 Å². The van der Waals surface area contributed by atoms with Gasteiger partial charge in [0.2, 0.25) is 5.91 Å². The summed E-state index contributed by atoms with van der Waals surface area (Å²) in [6.45, 7) is 5.94. The lowest BCUT2D eigenvalue weighted by Gasteiger charge is -2.17. The van der Waals surface area contributed by atoms with Gasteiger partial charge in [0.25, 0.3) is 5.91 Å². The number of nitrogens with zero attached hydrogens (tertiary/aromatic N) is 2. The number of carbonyl (C=O) groups is 2. The van der Waals surface area contributed by atoms with Crippen molar-refractivity contribution >= 4 is 23.6 Å². The van der Waals surface area contributed by atoms with Gasteiger partial charge in [-0.05, 0) is 49.6 Å². The molecule has 0 unspecified atom stereocenters. The summed E-state index contributed by atoms with van der Waals surface area (Å²) in [6, 6.07) is 18.9. The molecule has 0 aliphatic heterocycles. The first-order valence-electron chi connectivity index (χ1n) is 10.7. The topological polar surface area (TPSA) is 84.0 Å². The molecular weight excluding hydrogens is 420 g/mol. The van der Waals surface area contributed by atoms with Gasteiger partial charge >= 0.3 is 0 Å². The lowest BCUT2D eigenvalue weighted by molar-refractivity contribution is -0.123. The highest BCUT2D eigenvalue weighted by atomic mass is 32.2. The average molecular weight is 449 g/mol. The summed E-state index contributed by atoms with van der Waals surface area (Å²) in [5.41, 5.74) is 9.49. The molecule has 2 aromatic carbocycles. The van der Waals surface area contributed by atoms with Gasteiger partial charge in [-0.15, -0.1) is 0 Å². The lowest BCUT2D eigenvalue weighted by atomic mass is 9.94. The summed E-state index contributed by atoms with van der Waals surface area (Å²) < 4.78 is 0. The standard InChI is InChI=1S/C25H28N4O2S/c1-4-8-22(20-9-6-5-7-10-20)24(31)29-28-23(30)21-13-11-19(12-14-21)16-32-25-26-17(2)15-18(3)27-25/h5-7,9-15,22H,4,8,16H2,1-3H3,(H,28,30)(H,29,31)/t22-/m1/s1. The van der Waals surface area contributed by atoms with Crippen LogP contribution in [0.3, 0.4) is 0 Å². The fourth-order valence-corrected chi connectivity index (χ4v) is 4.26. The molecule has 7 heteroatoms. The number of aromatic nitrogens is 2. The van der Waals surface area contributed by atoms with E-state index in [-0.39, 0.29) is 17.7 Å². The first-order valence-corrected chi connectivity index (χ1v) is 11.6. The average Bonchev–Trinajstić information content (AvgIpc) is 2.79. The first kappa shape index (κ1) is 23.5. The number of benzene rings is 2. The lowest BCUT2D eigenvalue weighted by Crippen LogP contribution is -2.44. The van der Waals surface area contributed by atoms with Crippen LogP contribution in [0.4, 0.5) is 0 Å². The van der Waals surface area contributed by atoms with Crippen LogP contribution in [0.2, 0.25) is 0 Å². The molecule has 0 saturated carbocycles. The van der Waals surface area contributed by atoms with Crippen LogP contribution in [-0.4, -0.2) is 21.8 Å². The zero-order valence-electron chi connectivity index (χ0n) is 18.6. The third-order valence-corrected chi connectivity index (χ3v) is 5.86. The number of thioether (sulfide) groups is 1. The van der Waals surface area contributed by atoms with E-state index < -0.39 is 0 Å². The van der Waals surface area contributed by atoms with Crippen LogP contribution in [0.1, 0.15) is 58.6 Å². The van der Waals surface area contributed by atoms with Crippen LogP contribution in [0.25, 0.3) is 0 Å². The van der Waals surface area contributed by atoms with Crippen molar-refractivity contribution in [3.63, 3.8) is 0 Å². The van der Waals surface area contributed by atoms with Crippen LogP contribution in [0, 0.1) is 13.8 Å². The van der Waals surface area contributed by atoms with Crippen molar-refractivity contribution in [1.29, 1.82) is 0 Å². The second-order valence-corrected chi connectivity index (χ2v) is 8.56. The predicted octanol–water partition coefficient (Wildman–Crippen LogP) is 4.73. The van der Waals surface area contributed by atoms with Crippen LogP contribution in [-0.2, 0) is 10.5 Å². The van der Waals surface area contributed by atoms with Crippen molar-refractivity contribution < 1.29 is 9.59 Å². The Labute approximate surface area is 193 Å². The normalized spacial score (nSPS) is 11.6. The number of aryl methyl sites for hydroxylation is 2. The van der Waals surface area contributed by atoms with E-state index in [2.05, 4.69) is 20.8 Å². The monoisotopic (exact) mass is 448 g/mol. The molecule has 2 N–H and O–H groups in total. The molecule has 1 atom stereocenters. The molecule has 2 amide bonds. The molecule has 0 aliphatic carbocycles. The van der Waals surface area contributed by atoms with Gasteiger partial charge in [0.05, 0.1) is 5.92 Å². The minimum atomic E-state index is -0.349. The highest BCUT2D eigenvalue weighted by molar-refractivity contribution is 7.98. The molecule has 0 bridgehead atoms. The van der Waals surface area contributed by atoms with Crippen molar-refractivity contribution in [1.82, 2.24) is 20.8 Å². The first-order chi connectivity index (χ1) is 15.5. The largest absolute Gasteiger partial charge is 0.273 e. The number of nitrogens with one attached hydrogen (secondary N) is 2. The van der Waals surface area contributed by atoms with Crippen LogP contribution < -0.4 is 10.9 Å². The Morgan fingerprint density at radius 1 is 0.938 bits per heavy atom. The van der Waals surface area contributed by atoms with E-state index in [4.69, 9.17) is 0 Å². The third kappa shape index (κ3) is 6.65. The van der Waals surface area contributed by atoms with Gasteiger partial charge in [0.15, 0.2) is 5.16 Å². The molecular formula is C25H28N4O2S. The maximum absolute atomic E-state index is 12.7. The Kier molecular flexibility index (Phi) is 8.39. The highest BCUT2D eigenvalue weighted by Gasteiger charge is 2.20. The Balaban J connectivity index is 1.54. The van der Waals surface area contributed by atoms with Crippen molar-refractivity contribution in [2.45, 2.75) is 50.4 Å². The molecule has 0 aliphatic rings. The zero-order valence-corrected chi connectivity index (χ0v) is 19.4. The van der Waals surface area contributed by atoms with Crippen LogP contribution in [0.15, 0.2) is 65.8 Å². The van der Waals surface area contributed by atoms with Gasteiger partial charge in [-0.3, -0.25) is 20.4 Å². The fourth-order valence-electron chi connectivity index (χ4n) is 3.36. The summed E-state index contributed by atoms with van der Waals surface area (Å²) in [5.74, 6) is -0.156. The number of carbonyl (C=O) groups excluding carboxylic acids is 2.